The van der Waals surface area contributed by atoms with Crippen LogP contribution in [0, 0.1) is 12.7 Å². The van der Waals surface area contributed by atoms with E-state index in [1.54, 1.807) is 13.2 Å². The maximum absolute atomic E-state index is 13.4. The highest BCUT2D eigenvalue weighted by molar-refractivity contribution is 9.10. The van der Waals surface area contributed by atoms with Gasteiger partial charge in [-0.1, -0.05) is 12.1 Å². The van der Waals surface area contributed by atoms with Gasteiger partial charge in [-0.15, -0.1) is 0 Å². The van der Waals surface area contributed by atoms with Crippen molar-refractivity contribution in [2.24, 2.45) is 0 Å². The predicted octanol–water partition coefficient (Wildman–Crippen LogP) is 4.18. The summed E-state index contributed by atoms with van der Waals surface area (Å²) in [4.78, 5) is 0. The molecule has 0 aliphatic heterocycles. The van der Waals surface area contributed by atoms with E-state index in [-0.39, 0.29) is 5.82 Å². The zero-order valence-corrected chi connectivity index (χ0v) is 12.9. The van der Waals surface area contributed by atoms with Crippen LogP contribution in [0.4, 0.5) is 4.39 Å². The van der Waals surface area contributed by atoms with Gasteiger partial charge >= 0.3 is 0 Å². The molecule has 1 N–H and O–H groups in total. The molecule has 2 rings (SSSR count). The van der Waals surface area contributed by atoms with Gasteiger partial charge in [0.15, 0.2) is 0 Å². The summed E-state index contributed by atoms with van der Waals surface area (Å²) in [5, 5.41) is 10.2. The van der Waals surface area contributed by atoms with E-state index in [1.165, 1.54) is 12.1 Å². The van der Waals surface area contributed by atoms with Crippen LogP contribution >= 0.6 is 15.9 Å². The highest BCUT2D eigenvalue weighted by Gasteiger charge is 2.11. The molecule has 0 fully saturated rings. The van der Waals surface area contributed by atoms with E-state index in [2.05, 4.69) is 15.9 Å². The van der Waals surface area contributed by atoms with E-state index < -0.39 is 6.10 Å². The summed E-state index contributed by atoms with van der Waals surface area (Å²) < 4.78 is 19.4. The summed E-state index contributed by atoms with van der Waals surface area (Å²) in [5.74, 6) is 0.416. The maximum atomic E-state index is 13.4. The van der Waals surface area contributed by atoms with Crippen molar-refractivity contribution in [1.82, 2.24) is 0 Å². The Morgan fingerprint density at radius 2 is 2.00 bits per heavy atom. The molecule has 0 saturated carbocycles. The topological polar surface area (TPSA) is 29.5 Å². The van der Waals surface area contributed by atoms with Crippen molar-refractivity contribution in [3.63, 3.8) is 0 Å². The highest BCUT2D eigenvalue weighted by Crippen LogP contribution is 2.28. The standard InChI is InChI=1S/C16H16BrFO2/c1-10-5-12(9-13(18)6-10)15(19)8-11-3-4-16(20-2)14(17)7-11/h3-7,9,15,19H,8H2,1-2H3. The quantitative estimate of drug-likeness (QED) is 0.905. The van der Waals surface area contributed by atoms with E-state index in [1.807, 2.05) is 25.1 Å². The molecule has 106 valence electrons. The van der Waals surface area contributed by atoms with Crippen LogP contribution in [0.2, 0.25) is 0 Å². The number of halogens is 2. The Labute approximate surface area is 126 Å². The first kappa shape index (κ1) is 15.0. The summed E-state index contributed by atoms with van der Waals surface area (Å²) in [6.45, 7) is 1.81. The summed E-state index contributed by atoms with van der Waals surface area (Å²) in [6, 6.07) is 10.2. The first-order chi connectivity index (χ1) is 9.49. The van der Waals surface area contributed by atoms with Crippen molar-refractivity contribution in [3.05, 3.63) is 63.4 Å². The Kier molecular flexibility index (Phi) is 4.78. The number of rotatable bonds is 4. The molecule has 20 heavy (non-hydrogen) atoms. The number of hydrogen-bond acceptors (Lipinski definition) is 2. The Morgan fingerprint density at radius 1 is 1.25 bits per heavy atom. The Balaban J connectivity index is 2.18. The van der Waals surface area contributed by atoms with E-state index in [9.17, 15) is 9.50 Å². The van der Waals surface area contributed by atoms with Crippen molar-refractivity contribution >= 4 is 15.9 Å². The summed E-state index contributed by atoms with van der Waals surface area (Å²) in [7, 11) is 1.60. The minimum atomic E-state index is -0.732. The number of methoxy groups -OCH3 is 1. The molecule has 0 saturated heterocycles. The molecule has 0 spiro atoms. The molecule has 1 unspecified atom stereocenters. The Bertz CT molecular complexity index is 593. The second-order valence-electron chi connectivity index (χ2n) is 4.75. The molecule has 0 aromatic heterocycles. The first-order valence-electron chi connectivity index (χ1n) is 6.27. The van der Waals surface area contributed by atoms with E-state index in [4.69, 9.17) is 4.74 Å². The van der Waals surface area contributed by atoms with Crippen LogP contribution in [0.1, 0.15) is 22.8 Å². The average Bonchev–Trinajstić information content (AvgIpc) is 2.37. The van der Waals surface area contributed by atoms with E-state index >= 15 is 0 Å². The van der Waals surface area contributed by atoms with Gasteiger partial charge in [-0.3, -0.25) is 0 Å². The molecule has 2 aromatic rings. The van der Waals surface area contributed by atoms with E-state index in [0.717, 1.165) is 21.3 Å². The second kappa shape index (κ2) is 6.37. The number of aryl methyl sites for hydroxylation is 1. The van der Waals surface area contributed by atoms with Crippen LogP contribution in [-0.4, -0.2) is 12.2 Å². The van der Waals surface area contributed by atoms with Crippen LogP contribution < -0.4 is 4.74 Å². The molecule has 0 radical (unpaired) electrons. The number of aliphatic hydroxyl groups excluding tert-OH is 1. The minimum absolute atomic E-state index is 0.324. The summed E-state index contributed by atoms with van der Waals surface area (Å²) in [6.07, 6.45) is -0.310. The van der Waals surface area contributed by atoms with Crippen LogP contribution in [0.3, 0.4) is 0 Å². The van der Waals surface area contributed by atoms with E-state index in [0.29, 0.717) is 12.0 Å². The largest absolute Gasteiger partial charge is 0.496 e. The van der Waals surface area contributed by atoms with Gasteiger partial charge in [0.25, 0.3) is 0 Å². The molecule has 0 amide bonds. The molecule has 1 atom stereocenters. The third-order valence-corrected chi connectivity index (χ3v) is 3.71. The fourth-order valence-electron chi connectivity index (χ4n) is 2.13. The van der Waals surface area contributed by atoms with Crippen molar-refractivity contribution in [3.8, 4) is 5.75 Å². The van der Waals surface area contributed by atoms with Gasteiger partial charge in [0.1, 0.15) is 11.6 Å². The Morgan fingerprint density at radius 3 is 2.60 bits per heavy atom. The lowest BCUT2D eigenvalue weighted by molar-refractivity contribution is 0.178. The van der Waals surface area contributed by atoms with Gasteiger partial charge in [0.2, 0.25) is 0 Å². The second-order valence-corrected chi connectivity index (χ2v) is 5.61. The third kappa shape index (κ3) is 3.58. The molecule has 4 heteroatoms. The minimum Gasteiger partial charge on any atom is -0.496 e. The number of benzene rings is 2. The monoisotopic (exact) mass is 338 g/mol. The molecule has 0 heterocycles. The van der Waals surface area contributed by atoms with Gasteiger partial charge in [0.05, 0.1) is 17.7 Å². The smallest absolute Gasteiger partial charge is 0.133 e. The van der Waals surface area contributed by atoms with Gasteiger partial charge in [-0.25, -0.2) is 4.39 Å². The van der Waals surface area contributed by atoms with Crippen molar-refractivity contribution in [2.75, 3.05) is 7.11 Å². The molecule has 0 aliphatic carbocycles. The molecule has 2 aromatic carbocycles. The first-order valence-corrected chi connectivity index (χ1v) is 7.06. The third-order valence-electron chi connectivity index (χ3n) is 3.09. The average molecular weight is 339 g/mol. The van der Waals surface area contributed by atoms with Crippen LogP contribution in [-0.2, 0) is 6.42 Å². The summed E-state index contributed by atoms with van der Waals surface area (Å²) >= 11 is 3.41. The number of hydrogen-bond donors (Lipinski definition) is 1. The number of ether oxygens (including phenoxy) is 1. The fraction of sp³-hybridized carbons (Fsp3) is 0.250. The molecule has 0 aliphatic rings. The lowest BCUT2D eigenvalue weighted by Crippen LogP contribution is -2.03. The SMILES string of the molecule is COc1ccc(CC(O)c2cc(C)cc(F)c2)cc1Br. The van der Waals surface area contributed by atoms with Crippen LogP contribution in [0.5, 0.6) is 5.75 Å². The van der Waals surface area contributed by atoms with Crippen LogP contribution in [0.25, 0.3) is 0 Å². The van der Waals surface area contributed by atoms with Gasteiger partial charge < -0.3 is 9.84 Å². The molecule has 0 bridgehead atoms. The fourth-order valence-corrected chi connectivity index (χ4v) is 2.72. The highest BCUT2D eigenvalue weighted by atomic mass is 79.9. The zero-order valence-electron chi connectivity index (χ0n) is 11.4. The molecular formula is C16H16BrFO2. The maximum Gasteiger partial charge on any atom is 0.133 e. The molecular weight excluding hydrogens is 323 g/mol. The van der Waals surface area contributed by atoms with Gasteiger partial charge in [0, 0.05) is 6.42 Å². The van der Waals surface area contributed by atoms with Gasteiger partial charge in [-0.05, 0) is 63.8 Å². The van der Waals surface area contributed by atoms with Crippen molar-refractivity contribution in [2.45, 2.75) is 19.4 Å². The Hall–Kier alpha value is -1.39. The van der Waals surface area contributed by atoms with Gasteiger partial charge in [-0.2, -0.15) is 0 Å². The number of aliphatic hydroxyl groups is 1. The zero-order chi connectivity index (χ0) is 14.7. The lowest BCUT2D eigenvalue weighted by Gasteiger charge is -2.13. The summed E-state index contributed by atoms with van der Waals surface area (Å²) in [5.41, 5.74) is 2.34. The van der Waals surface area contributed by atoms with Crippen LogP contribution in [0.15, 0.2) is 40.9 Å². The lowest BCUT2D eigenvalue weighted by atomic mass is 10.00. The van der Waals surface area contributed by atoms with Crippen molar-refractivity contribution < 1.29 is 14.2 Å². The predicted molar refractivity (Wildman–Crippen MR) is 80.5 cm³/mol. The normalized spacial score (nSPS) is 12.2. The van der Waals surface area contributed by atoms with Crippen molar-refractivity contribution in [1.29, 1.82) is 0 Å². The molecule has 2 nitrogen and oxygen atoms in total.